The molecule has 0 rings (SSSR count). The predicted octanol–water partition coefficient (Wildman–Crippen LogP) is 1.43. The lowest BCUT2D eigenvalue weighted by atomic mass is 10.2. The summed E-state index contributed by atoms with van der Waals surface area (Å²) in [6.07, 6.45) is 4.96. The summed E-state index contributed by atoms with van der Waals surface area (Å²) in [7, 11) is 0. The molecule has 3 N–H and O–H groups in total. The summed E-state index contributed by atoms with van der Waals surface area (Å²) in [5.41, 5.74) is 0. The van der Waals surface area contributed by atoms with Gasteiger partial charge in [0.2, 0.25) is 5.91 Å². The van der Waals surface area contributed by atoms with Gasteiger partial charge in [0.1, 0.15) is 0 Å². The zero-order valence-electron chi connectivity index (χ0n) is 11.5. The molecule has 4 nitrogen and oxygen atoms in total. The Bertz CT molecular complexity index is 198. The number of carbonyl (C=O) groups excluding carboxylic acids is 1. The lowest BCUT2D eigenvalue weighted by molar-refractivity contribution is -0.123. The van der Waals surface area contributed by atoms with Gasteiger partial charge < -0.3 is 15.7 Å². The number of unbranched alkanes of at least 4 members (excludes halogenated alkanes) is 2. The van der Waals surface area contributed by atoms with Crippen LogP contribution >= 0.6 is 0 Å². The second-order valence-electron chi connectivity index (χ2n) is 4.66. The second-order valence-corrected chi connectivity index (χ2v) is 4.66. The normalized spacial score (nSPS) is 14.4. The van der Waals surface area contributed by atoms with Crippen molar-refractivity contribution in [2.24, 2.45) is 0 Å². The molecule has 0 fully saturated rings. The molecule has 0 aliphatic heterocycles. The molecule has 2 atom stereocenters. The highest BCUT2D eigenvalue weighted by Crippen LogP contribution is 1.96. The van der Waals surface area contributed by atoms with E-state index in [2.05, 4.69) is 17.6 Å². The van der Waals surface area contributed by atoms with Crippen LogP contribution in [0.2, 0.25) is 0 Å². The number of hydrogen-bond donors (Lipinski definition) is 3. The first-order valence-electron chi connectivity index (χ1n) is 6.76. The number of carbonyl (C=O) groups is 1. The summed E-state index contributed by atoms with van der Waals surface area (Å²) >= 11 is 0. The quantitative estimate of drug-likeness (QED) is 0.510. The van der Waals surface area contributed by atoms with E-state index in [-0.39, 0.29) is 24.6 Å². The number of amides is 1. The van der Waals surface area contributed by atoms with Gasteiger partial charge in [0, 0.05) is 12.6 Å². The highest BCUT2D eigenvalue weighted by molar-refractivity contribution is 5.81. The van der Waals surface area contributed by atoms with Crippen molar-refractivity contribution in [1.29, 1.82) is 0 Å². The molecule has 0 aromatic heterocycles. The van der Waals surface area contributed by atoms with E-state index in [0.29, 0.717) is 0 Å². The maximum absolute atomic E-state index is 11.7. The van der Waals surface area contributed by atoms with Gasteiger partial charge in [-0.1, -0.05) is 13.3 Å². The van der Waals surface area contributed by atoms with Crippen LogP contribution in [0, 0.1) is 0 Å². The van der Waals surface area contributed by atoms with Gasteiger partial charge in [-0.2, -0.15) is 0 Å². The number of nitrogens with one attached hydrogen (secondary N) is 2. The van der Waals surface area contributed by atoms with E-state index >= 15 is 0 Å². The monoisotopic (exact) mass is 244 g/mol. The van der Waals surface area contributed by atoms with Gasteiger partial charge in [-0.25, -0.2) is 0 Å². The Balaban J connectivity index is 3.60. The molecule has 0 spiro atoms. The lowest BCUT2D eigenvalue weighted by Crippen LogP contribution is -2.45. The van der Waals surface area contributed by atoms with Crippen LogP contribution in [-0.4, -0.2) is 36.2 Å². The largest absolute Gasteiger partial charge is 0.396 e. The Hall–Kier alpha value is -0.610. The maximum Gasteiger partial charge on any atom is 0.237 e. The minimum Gasteiger partial charge on any atom is -0.396 e. The zero-order valence-corrected chi connectivity index (χ0v) is 11.5. The highest BCUT2D eigenvalue weighted by Gasteiger charge is 2.13. The van der Waals surface area contributed by atoms with Crippen molar-refractivity contribution in [1.82, 2.24) is 10.6 Å². The van der Waals surface area contributed by atoms with Crippen LogP contribution < -0.4 is 10.6 Å². The Morgan fingerprint density at radius 3 is 2.53 bits per heavy atom. The van der Waals surface area contributed by atoms with E-state index in [1.54, 1.807) is 0 Å². The van der Waals surface area contributed by atoms with Crippen molar-refractivity contribution in [3.63, 3.8) is 0 Å². The summed E-state index contributed by atoms with van der Waals surface area (Å²) in [4.78, 5) is 11.7. The first-order chi connectivity index (χ1) is 8.11. The van der Waals surface area contributed by atoms with Crippen LogP contribution in [-0.2, 0) is 4.79 Å². The molecule has 0 bridgehead atoms. The maximum atomic E-state index is 11.7. The van der Waals surface area contributed by atoms with Gasteiger partial charge in [0.15, 0.2) is 0 Å². The first-order valence-corrected chi connectivity index (χ1v) is 6.76. The van der Waals surface area contributed by atoms with E-state index in [9.17, 15) is 4.79 Å². The van der Waals surface area contributed by atoms with Gasteiger partial charge in [-0.3, -0.25) is 4.79 Å². The zero-order chi connectivity index (χ0) is 13.1. The molecule has 0 aromatic carbocycles. The van der Waals surface area contributed by atoms with Crippen LogP contribution in [0.5, 0.6) is 0 Å². The predicted molar refractivity (Wildman–Crippen MR) is 70.9 cm³/mol. The van der Waals surface area contributed by atoms with Crippen LogP contribution in [0.4, 0.5) is 0 Å². The molecule has 1 amide bonds. The van der Waals surface area contributed by atoms with E-state index < -0.39 is 0 Å². The summed E-state index contributed by atoms with van der Waals surface area (Å²) in [5.74, 6) is 0.0770. The van der Waals surface area contributed by atoms with Crippen LogP contribution in [0.3, 0.4) is 0 Å². The molecule has 17 heavy (non-hydrogen) atoms. The average molecular weight is 244 g/mol. The second kappa shape index (κ2) is 10.5. The third-order valence-electron chi connectivity index (χ3n) is 2.79. The molecule has 0 aliphatic rings. The average Bonchev–Trinajstić information content (AvgIpc) is 2.28. The summed E-state index contributed by atoms with van der Waals surface area (Å²) in [6.45, 7) is 7.13. The SMILES string of the molecule is CCCC(C)NC(=O)C(C)NCCCCCO. The molecule has 102 valence electrons. The first kappa shape index (κ1) is 16.4. The van der Waals surface area contributed by atoms with E-state index in [1.165, 1.54) is 0 Å². The topological polar surface area (TPSA) is 61.4 Å². The summed E-state index contributed by atoms with van der Waals surface area (Å²) < 4.78 is 0. The molecule has 0 saturated heterocycles. The summed E-state index contributed by atoms with van der Waals surface area (Å²) in [6, 6.07) is 0.120. The lowest BCUT2D eigenvalue weighted by Gasteiger charge is -2.18. The minimum absolute atomic E-state index is 0.0770. The fraction of sp³-hybridized carbons (Fsp3) is 0.923. The van der Waals surface area contributed by atoms with Crippen molar-refractivity contribution in [3.05, 3.63) is 0 Å². The van der Waals surface area contributed by atoms with Crippen molar-refractivity contribution in [3.8, 4) is 0 Å². The molecular formula is C13H28N2O2. The van der Waals surface area contributed by atoms with Crippen LogP contribution in [0.15, 0.2) is 0 Å². The van der Waals surface area contributed by atoms with Gasteiger partial charge in [-0.05, 0) is 46.1 Å². The van der Waals surface area contributed by atoms with Gasteiger partial charge >= 0.3 is 0 Å². The Morgan fingerprint density at radius 1 is 1.24 bits per heavy atom. The van der Waals surface area contributed by atoms with Crippen molar-refractivity contribution in [2.75, 3.05) is 13.2 Å². The molecule has 2 unspecified atom stereocenters. The van der Waals surface area contributed by atoms with E-state index in [4.69, 9.17) is 5.11 Å². The third-order valence-corrected chi connectivity index (χ3v) is 2.79. The molecule has 0 radical (unpaired) electrons. The van der Waals surface area contributed by atoms with Crippen LogP contribution in [0.1, 0.15) is 52.9 Å². The van der Waals surface area contributed by atoms with Crippen molar-refractivity contribution in [2.45, 2.75) is 65.0 Å². The molecule has 4 heteroatoms. The molecule has 0 saturated carbocycles. The van der Waals surface area contributed by atoms with Crippen molar-refractivity contribution >= 4 is 5.91 Å². The third kappa shape index (κ3) is 9.12. The number of rotatable bonds is 10. The fourth-order valence-corrected chi connectivity index (χ4v) is 1.70. The molecule has 0 heterocycles. The van der Waals surface area contributed by atoms with E-state index in [0.717, 1.165) is 38.6 Å². The number of aliphatic hydroxyl groups excluding tert-OH is 1. The minimum atomic E-state index is -0.136. The fourth-order valence-electron chi connectivity index (χ4n) is 1.70. The molecular weight excluding hydrogens is 216 g/mol. The standard InChI is InChI=1S/C13H28N2O2/c1-4-8-11(2)15-13(17)12(3)14-9-6-5-7-10-16/h11-12,14,16H,4-10H2,1-3H3,(H,15,17). The van der Waals surface area contributed by atoms with Gasteiger partial charge in [0.25, 0.3) is 0 Å². The number of hydrogen-bond acceptors (Lipinski definition) is 3. The van der Waals surface area contributed by atoms with E-state index in [1.807, 2.05) is 13.8 Å². The summed E-state index contributed by atoms with van der Waals surface area (Å²) in [5, 5.41) is 14.8. The van der Waals surface area contributed by atoms with Crippen molar-refractivity contribution < 1.29 is 9.90 Å². The Labute approximate surface area is 105 Å². The number of aliphatic hydroxyl groups is 1. The Kier molecular flexibility index (Phi) is 10.2. The molecule has 0 aliphatic carbocycles. The Morgan fingerprint density at radius 2 is 1.94 bits per heavy atom. The van der Waals surface area contributed by atoms with Gasteiger partial charge in [0.05, 0.1) is 6.04 Å². The molecule has 0 aromatic rings. The van der Waals surface area contributed by atoms with Gasteiger partial charge in [-0.15, -0.1) is 0 Å². The van der Waals surface area contributed by atoms with Crippen LogP contribution in [0.25, 0.3) is 0 Å². The smallest absolute Gasteiger partial charge is 0.237 e. The highest BCUT2D eigenvalue weighted by atomic mass is 16.2.